The average Bonchev–Trinajstić information content (AvgIpc) is 2.34. The second-order valence-electron chi connectivity index (χ2n) is 5.07. The number of nitrogen functional groups attached to an aromatic ring is 1. The molecule has 0 aromatic heterocycles. The van der Waals surface area contributed by atoms with Gasteiger partial charge in [-0.05, 0) is 31.4 Å². The predicted octanol–water partition coefficient (Wildman–Crippen LogP) is 3.68. The molecule has 0 saturated heterocycles. The van der Waals surface area contributed by atoms with Crippen LogP contribution in [0.1, 0.15) is 37.6 Å². The van der Waals surface area contributed by atoms with Crippen LogP contribution in [0.5, 0.6) is 5.75 Å². The number of rotatable bonds is 8. The quantitative estimate of drug-likeness (QED) is 0.444. The first kappa shape index (κ1) is 17.0. The van der Waals surface area contributed by atoms with Crippen molar-refractivity contribution in [2.24, 2.45) is 5.92 Å². The third kappa shape index (κ3) is 5.51. The van der Waals surface area contributed by atoms with E-state index in [4.69, 9.17) is 15.2 Å². The van der Waals surface area contributed by atoms with Crippen LogP contribution in [0.15, 0.2) is 16.6 Å². The fourth-order valence-corrected chi connectivity index (χ4v) is 2.14. The van der Waals surface area contributed by atoms with Crippen LogP contribution in [0.2, 0.25) is 0 Å². The highest BCUT2D eigenvalue weighted by atomic mass is 79.9. The van der Waals surface area contributed by atoms with E-state index >= 15 is 0 Å². The van der Waals surface area contributed by atoms with Gasteiger partial charge in [0.05, 0.1) is 17.9 Å². The summed E-state index contributed by atoms with van der Waals surface area (Å²) in [4.78, 5) is 11.6. The monoisotopic (exact) mass is 343 g/mol. The molecule has 0 aliphatic heterocycles. The van der Waals surface area contributed by atoms with Crippen LogP contribution >= 0.6 is 15.9 Å². The van der Waals surface area contributed by atoms with Gasteiger partial charge in [-0.3, -0.25) is 4.79 Å². The molecule has 20 heavy (non-hydrogen) atoms. The van der Waals surface area contributed by atoms with Gasteiger partial charge in [0.1, 0.15) is 6.61 Å². The Morgan fingerprint density at radius 2 is 2.00 bits per heavy atom. The molecule has 0 aliphatic carbocycles. The number of nitrogens with two attached hydrogens (primary N) is 1. The molecule has 1 rings (SSSR count). The highest BCUT2D eigenvalue weighted by molar-refractivity contribution is 9.10. The number of ether oxygens (including phenoxy) is 2. The van der Waals surface area contributed by atoms with Gasteiger partial charge in [0, 0.05) is 11.1 Å². The Morgan fingerprint density at radius 1 is 1.30 bits per heavy atom. The van der Waals surface area contributed by atoms with Crippen LogP contribution in [0, 0.1) is 5.92 Å². The number of ketones is 1. The summed E-state index contributed by atoms with van der Waals surface area (Å²) in [5.41, 5.74) is 6.83. The second-order valence-corrected chi connectivity index (χ2v) is 5.99. The zero-order valence-electron chi connectivity index (χ0n) is 12.2. The van der Waals surface area contributed by atoms with Crippen molar-refractivity contribution in [1.82, 2.24) is 0 Å². The van der Waals surface area contributed by atoms with Gasteiger partial charge in [-0.15, -0.1) is 0 Å². The van der Waals surface area contributed by atoms with Gasteiger partial charge in [-0.1, -0.05) is 29.8 Å². The number of benzene rings is 1. The van der Waals surface area contributed by atoms with Crippen molar-refractivity contribution in [2.75, 3.05) is 25.6 Å². The molecule has 0 amide bonds. The van der Waals surface area contributed by atoms with Crippen molar-refractivity contribution in [3.63, 3.8) is 0 Å². The van der Waals surface area contributed by atoms with E-state index in [1.54, 1.807) is 12.1 Å². The minimum Gasteiger partial charge on any atom is -0.488 e. The number of anilines is 1. The van der Waals surface area contributed by atoms with E-state index in [0.717, 1.165) is 17.5 Å². The summed E-state index contributed by atoms with van der Waals surface area (Å²) >= 11 is 3.32. The lowest BCUT2D eigenvalue weighted by Crippen LogP contribution is -2.11. The maximum atomic E-state index is 11.6. The summed E-state index contributed by atoms with van der Waals surface area (Å²) in [6.45, 7) is 7.39. The maximum Gasteiger partial charge on any atom is 0.163 e. The summed E-state index contributed by atoms with van der Waals surface area (Å²) in [6, 6.07) is 3.44. The lowest BCUT2D eigenvalue weighted by atomic mass is 10.1. The van der Waals surface area contributed by atoms with E-state index in [9.17, 15) is 4.79 Å². The molecule has 0 fully saturated rings. The minimum atomic E-state index is -0.0753. The van der Waals surface area contributed by atoms with Crippen molar-refractivity contribution < 1.29 is 14.3 Å². The number of hydrogen-bond donors (Lipinski definition) is 1. The zero-order chi connectivity index (χ0) is 15.1. The van der Waals surface area contributed by atoms with Crippen molar-refractivity contribution in [3.05, 3.63) is 22.2 Å². The third-order valence-corrected chi connectivity index (χ3v) is 3.23. The molecule has 1 aromatic carbocycles. The lowest BCUT2D eigenvalue weighted by Gasteiger charge is -2.13. The Labute approximate surface area is 128 Å². The Bertz CT molecular complexity index is 461. The molecule has 0 aliphatic rings. The molecule has 1 aromatic rings. The zero-order valence-corrected chi connectivity index (χ0v) is 13.8. The average molecular weight is 344 g/mol. The van der Waals surface area contributed by atoms with Crippen molar-refractivity contribution in [1.29, 1.82) is 0 Å². The van der Waals surface area contributed by atoms with Crippen molar-refractivity contribution >= 4 is 27.4 Å². The number of carbonyl (C=O) groups is 1. The molecule has 2 N–H and O–H groups in total. The first-order valence-corrected chi connectivity index (χ1v) is 7.51. The molecule has 0 heterocycles. The van der Waals surface area contributed by atoms with Gasteiger partial charge < -0.3 is 15.2 Å². The molecule has 0 bridgehead atoms. The Kier molecular flexibility index (Phi) is 7.02. The van der Waals surface area contributed by atoms with E-state index in [2.05, 4.69) is 29.8 Å². The van der Waals surface area contributed by atoms with E-state index < -0.39 is 0 Å². The van der Waals surface area contributed by atoms with Gasteiger partial charge in [-0.2, -0.15) is 0 Å². The van der Waals surface area contributed by atoms with Crippen LogP contribution in [-0.4, -0.2) is 25.6 Å². The Morgan fingerprint density at radius 3 is 2.60 bits per heavy atom. The van der Waals surface area contributed by atoms with Crippen LogP contribution in [0.4, 0.5) is 5.69 Å². The van der Waals surface area contributed by atoms with Crippen LogP contribution in [0.25, 0.3) is 0 Å². The second kappa shape index (κ2) is 8.27. The van der Waals surface area contributed by atoms with Gasteiger partial charge in [0.25, 0.3) is 0 Å². The first-order chi connectivity index (χ1) is 9.41. The van der Waals surface area contributed by atoms with Crippen LogP contribution < -0.4 is 10.5 Å². The molecule has 0 saturated carbocycles. The Hall–Kier alpha value is -1.07. The maximum absolute atomic E-state index is 11.6. The highest BCUT2D eigenvalue weighted by Gasteiger charge is 2.13. The number of hydrogen-bond acceptors (Lipinski definition) is 4. The molecule has 0 unspecified atom stereocenters. The summed E-state index contributed by atoms with van der Waals surface area (Å²) < 4.78 is 11.8. The fraction of sp³-hybridized carbons (Fsp3) is 0.533. The Balaban J connectivity index is 2.53. The molecule has 112 valence electrons. The third-order valence-electron chi connectivity index (χ3n) is 2.78. The predicted molar refractivity (Wildman–Crippen MR) is 84.3 cm³/mol. The number of Topliss-reactive ketones (excluding diaryl/α,β-unsaturated/α-hetero) is 1. The fourth-order valence-electron chi connectivity index (χ4n) is 1.66. The van der Waals surface area contributed by atoms with E-state index in [1.165, 1.54) is 6.92 Å². The smallest absolute Gasteiger partial charge is 0.163 e. The standard InChI is InChI=1S/C15H22BrNO3/c1-10(2)4-5-19-6-7-20-15-13(11(3)18)8-12(16)9-14(15)17/h8-10H,4-7,17H2,1-3H3. The van der Waals surface area contributed by atoms with Crippen molar-refractivity contribution in [2.45, 2.75) is 27.2 Å². The topological polar surface area (TPSA) is 61.6 Å². The normalized spacial score (nSPS) is 10.8. The molecule has 4 nitrogen and oxygen atoms in total. The number of carbonyl (C=O) groups excluding carboxylic acids is 1. The van der Waals surface area contributed by atoms with E-state index in [1.807, 2.05) is 0 Å². The largest absolute Gasteiger partial charge is 0.488 e. The summed E-state index contributed by atoms with van der Waals surface area (Å²) in [7, 11) is 0. The van der Waals surface area contributed by atoms with Gasteiger partial charge in [0.15, 0.2) is 11.5 Å². The molecule has 0 radical (unpaired) electrons. The van der Waals surface area contributed by atoms with Crippen molar-refractivity contribution in [3.8, 4) is 5.75 Å². The first-order valence-electron chi connectivity index (χ1n) is 6.72. The van der Waals surface area contributed by atoms with E-state index in [-0.39, 0.29) is 5.78 Å². The molecular formula is C15H22BrNO3. The molecular weight excluding hydrogens is 322 g/mol. The molecule has 0 atom stereocenters. The molecule has 5 heteroatoms. The SMILES string of the molecule is CC(=O)c1cc(Br)cc(N)c1OCCOCCC(C)C. The summed E-state index contributed by atoms with van der Waals surface area (Å²) in [5.74, 6) is 0.990. The summed E-state index contributed by atoms with van der Waals surface area (Å²) in [5, 5.41) is 0. The molecule has 0 spiro atoms. The highest BCUT2D eigenvalue weighted by Crippen LogP contribution is 2.31. The van der Waals surface area contributed by atoms with Crippen LogP contribution in [0.3, 0.4) is 0 Å². The minimum absolute atomic E-state index is 0.0753. The van der Waals surface area contributed by atoms with E-state index in [0.29, 0.717) is 36.1 Å². The lowest BCUT2D eigenvalue weighted by molar-refractivity contribution is 0.0909. The van der Waals surface area contributed by atoms with Gasteiger partial charge in [0.2, 0.25) is 0 Å². The number of halogens is 1. The van der Waals surface area contributed by atoms with Gasteiger partial charge >= 0.3 is 0 Å². The van der Waals surface area contributed by atoms with Crippen LogP contribution in [-0.2, 0) is 4.74 Å². The summed E-state index contributed by atoms with van der Waals surface area (Å²) in [6.07, 6.45) is 1.03. The van der Waals surface area contributed by atoms with Gasteiger partial charge in [-0.25, -0.2) is 0 Å².